The topological polar surface area (TPSA) is 71.1 Å². The van der Waals surface area contributed by atoms with E-state index < -0.39 is 0 Å². The van der Waals surface area contributed by atoms with Crippen LogP contribution in [-0.2, 0) is 10.5 Å². The fourth-order valence-corrected chi connectivity index (χ4v) is 2.67. The van der Waals surface area contributed by atoms with Crippen molar-refractivity contribution in [2.45, 2.75) is 5.75 Å². The lowest BCUT2D eigenvalue weighted by atomic mass is 10.1. The molecule has 0 spiro atoms. The average molecular weight is 339 g/mol. The lowest BCUT2D eigenvalue weighted by Crippen LogP contribution is -2.25. The molecule has 0 unspecified atom stereocenters. The molecule has 0 saturated carbocycles. The van der Waals surface area contributed by atoms with Gasteiger partial charge in [0.25, 0.3) is 5.91 Å². The fourth-order valence-electron chi connectivity index (χ4n) is 1.93. The van der Waals surface area contributed by atoms with Gasteiger partial charge in [0, 0.05) is 11.9 Å². The van der Waals surface area contributed by atoms with E-state index >= 15 is 0 Å². The molecule has 2 amide bonds. The number of pyridine rings is 1. The summed E-state index contributed by atoms with van der Waals surface area (Å²) < 4.78 is 0. The smallest absolute Gasteiger partial charge is 0.254 e. The first-order valence-corrected chi connectivity index (χ1v) is 8.44. The fraction of sp³-hybridized carbons (Fsp3) is 0.167. The summed E-state index contributed by atoms with van der Waals surface area (Å²) in [6, 6.07) is 12.5. The Morgan fingerprint density at radius 2 is 1.96 bits per heavy atom. The van der Waals surface area contributed by atoms with E-state index in [-0.39, 0.29) is 24.1 Å². The minimum atomic E-state index is -0.315. The Balaban J connectivity index is 1.89. The number of nitrogens with one attached hydrogen (secondary N) is 2. The van der Waals surface area contributed by atoms with Gasteiger partial charge in [-0.05, 0) is 24.3 Å². The van der Waals surface area contributed by atoms with Crippen LogP contribution in [0.15, 0.2) is 48.7 Å². The molecule has 6 heteroatoms. The maximum Gasteiger partial charge on any atom is 0.254 e. The number of hydrogen-bond acceptors (Lipinski definition) is 4. The molecule has 0 aliphatic heterocycles. The summed E-state index contributed by atoms with van der Waals surface area (Å²) in [7, 11) is 0. The summed E-state index contributed by atoms with van der Waals surface area (Å²) in [6.07, 6.45) is 6.86. The van der Waals surface area contributed by atoms with E-state index in [0.717, 1.165) is 5.69 Å². The van der Waals surface area contributed by atoms with Crippen LogP contribution in [0.25, 0.3) is 0 Å². The normalized spacial score (nSPS) is 9.79. The second-order valence-electron chi connectivity index (χ2n) is 4.79. The molecule has 0 aliphatic rings. The van der Waals surface area contributed by atoms with Crippen LogP contribution in [0.3, 0.4) is 0 Å². The largest absolute Gasteiger partial charge is 0.341 e. The van der Waals surface area contributed by atoms with Gasteiger partial charge in [0.1, 0.15) is 0 Å². The Kier molecular flexibility index (Phi) is 6.87. The van der Waals surface area contributed by atoms with Crippen LogP contribution in [0.5, 0.6) is 0 Å². The Hall–Kier alpha value is -2.78. The van der Waals surface area contributed by atoms with Gasteiger partial charge in [0.2, 0.25) is 5.91 Å². The summed E-state index contributed by atoms with van der Waals surface area (Å²) in [4.78, 5) is 28.3. The lowest BCUT2D eigenvalue weighted by Gasteiger charge is -2.10. The SMILES string of the molecule is C#CCNC(=O)c1ccccc1NC(=O)CSCc1ccccn1. The minimum Gasteiger partial charge on any atom is -0.341 e. The Bertz CT molecular complexity index is 741. The van der Waals surface area contributed by atoms with Crippen molar-refractivity contribution < 1.29 is 9.59 Å². The van der Waals surface area contributed by atoms with Gasteiger partial charge in [-0.3, -0.25) is 14.6 Å². The summed E-state index contributed by atoms with van der Waals surface area (Å²) in [5, 5.41) is 5.35. The predicted molar refractivity (Wildman–Crippen MR) is 96.6 cm³/mol. The maximum atomic E-state index is 12.1. The molecule has 24 heavy (non-hydrogen) atoms. The van der Waals surface area contributed by atoms with E-state index in [9.17, 15) is 9.59 Å². The van der Waals surface area contributed by atoms with Gasteiger partial charge < -0.3 is 10.6 Å². The molecular formula is C18H17N3O2S. The molecular weight excluding hydrogens is 322 g/mol. The van der Waals surface area contributed by atoms with Gasteiger partial charge in [-0.2, -0.15) is 0 Å². The molecule has 2 aromatic rings. The van der Waals surface area contributed by atoms with Crippen molar-refractivity contribution in [1.29, 1.82) is 0 Å². The zero-order valence-electron chi connectivity index (χ0n) is 13.0. The zero-order chi connectivity index (χ0) is 17.2. The number of amides is 2. The zero-order valence-corrected chi connectivity index (χ0v) is 13.8. The molecule has 1 aromatic carbocycles. The minimum absolute atomic E-state index is 0.140. The molecule has 5 nitrogen and oxygen atoms in total. The monoisotopic (exact) mass is 339 g/mol. The number of terminal acetylenes is 1. The quantitative estimate of drug-likeness (QED) is 0.760. The lowest BCUT2D eigenvalue weighted by molar-refractivity contribution is -0.113. The summed E-state index contributed by atoms with van der Waals surface area (Å²) >= 11 is 1.46. The van der Waals surface area contributed by atoms with E-state index in [4.69, 9.17) is 6.42 Å². The van der Waals surface area contributed by atoms with Gasteiger partial charge in [-0.15, -0.1) is 18.2 Å². The third-order valence-corrected chi connectivity index (χ3v) is 3.97. The highest BCUT2D eigenvalue weighted by Crippen LogP contribution is 2.16. The van der Waals surface area contributed by atoms with Gasteiger partial charge in [0.05, 0.1) is 29.2 Å². The Labute approximate surface area is 145 Å². The number of carbonyl (C=O) groups excluding carboxylic acids is 2. The van der Waals surface area contributed by atoms with E-state index in [2.05, 4.69) is 21.5 Å². The average Bonchev–Trinajstić information content (AvgIpc) is 2.61. The van der Waals surface area contributed by atoms with Crippen LogP contribution in [0.2, 0.25) is 0 Å². The van der Waals surface area contributed by atoms with Crippen molar-refractivity contribution in [2.75, 3.05) is 17.6 Å². The van der Waals surface area contributed by atoms with E-state index in [1.807, 2.05) is 18.2 Å². The molecule has 2 rings (SSSR count). The van der Waals surface area contributed by atoms with Crippen molar-refractivity contribution in [3.8, 4) is 12.3 Å². The van der Waals surface area contributed by atoms with Crippen LogP contribution < -0.4 is 10.6 Å². The number of nitrogens with zero attached hydrogens (tertiary/aromatic N) is 1. The maximum absolute atomic E-state index is 12.1. The molecule has 1 heterocycles. The highest BCUT2D eigenvalue weighted by molar-refractivity contribution is 7.99. The standard InChI is InChI=1S/C18H17N3O2S/c1-2-10-20-18(23)15-8-3-4-9-16(15)21-17(22)13-24-12-14-7-5-6-11-19-14/h1,3-9,11H,10,12-13H2,(H,20,23)(H,21,22). The van der Waals surface area contributed by atoms with Gasteiger partial charge in [-0.1, -0.05) is 24.1 Å². The highest BCUT2D eigenvalue weighted by atomic mass is 32.2. The Morgan fingerprint density at radius 1 is 1.17 bits per heavy atom. The summed E-state index contributed by atoms with van der Waals surface area (Å²) in [6.45, 7) is 0.140. The van der Waals surface area contributed by atoms with Crippen LogP contribution >= 0.6 is 11.8 Å². The first-order chi connectivity index (χ1) is 11.7. The number of rotatable bonds is 7. The number of thioether (sulfide) groups is 1. The van der Waals surface area contributed by atoms with E-state index in [1.54, 1.807) is 30.5 Å². The van der Waals surface area contributed by atoms with Gasteiger partial charge >= 0.3 is 0 Å². The first kappa shape index (κ1) is 17.6. The van der Waals surface area contributed by atoms with Crippen molar-refractivity contribution in [3.05, 3.63) is 59.9 Å². The number of aromatic nitrogens is 1. The third kappa shape index (κ3) is 5.45. The van der Waals surface area contributed by atoms with E-state index in [1.165, 1.54) is 11.8 Å². The van der Waals surface area contributed by atoms with Crippen molar-refractivity contribution in [2.24, 2.45) is 0 Å². The third-order valence-electron chi connectivity index (χ3n) is 3.01. The van der Waals surface area contributed by atoms with Crippen LogP contribution in [0, 0.1) is 12.3 Å². The summed E-state index contributed by atoms with van der Waals surface area (Å²) in [5.74, 6) is 2.78. The Morgan fingerprint density at radius 3 is 2.71 bits per heavy atom. The highest BCUT2D eigenvalue weighted by Gasteiger charge is 2.12. The molecule has 0 atom stereocenters. The number of hydrogen-bond donors (Lipinski definition) is 2. The molecule has 0 aliphatic carbocycles. The summed E-state index contributed by atoms with van der Waals surface area (Å²) in [5.41, 5.74) is 1.77. The molecule has 1 aromatic heterocycles. The number of para-hydroxylation sites is 1. The second kappa shape index (κ2) is 9.38. The number of carbonyl (C=O) groups is 2. The molecule has 0 saturated heterocycles. The van der Waals surface area contributed by atoms with Crippen molar-refractivity contribution in [3.63, 3.8) is 0 Å². The van der Waals surface area contributed by atoms with Crippen molar-refractivity contribution in [1.82, 2.24) is 10.3 Å². The molecule has 2 N–H and O–H groups in total. The molecule has 0 bridgehead atoms. The van der Waals surface area contributed by atoms with Crippen molar-refractivity contribution >= 4 is 29.3 Å². The number of anilines is 1. The van der Waals surface area contributed by atoms with Gasteiger partial charge in [-0.25, -0.2) is 0 Å². The molecule has 0 radical (unpaired) electrons. The van der Waals surface area contributed by atoms with Gasteiger partial charge in [0.15, 0.2) is 0 Å². The van der Waals surface area contributed by atoms with Crippen LogP contribution in [0.1, 0.15) is 16.1 Å². The first-order valence-electron chi connectivity index (χ1n) is 7.29. The number of benzene rings is 1. The second-order valence-corrected chi connectivity index (χ2v) is 5.78. The predicted octanol–water partition coefficient (Wildman–Crippen LogP) is 2.32. The van der Waals surface area contributed by atoms with Crippen LogP contribution in [0.4, 0.5) is 5.69 Å². The molecule has 0 fully saturated rings. The van der Waals surface area contributed by atoms with Crippen LogP contribution in [-0.4, -0.2) is 29.1 Å². The van der Waals surface area contributed by atoms with E-state index in [0.29, 0.717) is 17.0 Å². The molecule has 122 valence electrons.